The van der Waals surface area contributed by atoms with E-state index < -0.39 is 11.9 Å². The van der Waals surface area contributed by atoms with Crippen LogP contribution in [0.25, 0.3) is 0 Å². The van der Waals surface area contributed by atoms with Crippen LogP contribution in [0.15, 0.2) is 22.9 Å². The van der Waals surface area contributed by atoms with Crippen molar-refractivity contribution < 1.29 is 19.1 Å². The van der Waals surface area contributed by atoms with Gasteiger partial charge in [0.15, 0.2) is 6.61 Å². The minimum atomic E-state index is -0.620. The predicted molar refractivity (Wildman–Crippen MR) is 80.7 cm³/mol. The van der Waals surface area contributed by atoms with Crippen molar-refractivity contribution in [3.8, 4) is 0 Å². The van der Waals surface area contributed by atoms with E-state index in [1.807, 2.05) is 0 Å². The third-order valence-corrected chi connectivity index (χ3v) is 3.88. The molecule has 118 valence electrons. The molecular weight excluding hydrogens is 354 g/mol. The first kappa shape index (κ1) is 16.4. The highest BCUT2D eigenvalue weighted by molar-refractivity contribution is 9.10. The molecular formula is C14H16BrN3O4. The van der Waals surface area contributed by atoms with Crippen LogP contribution >= 0.6 is 15.9 Å². The van der Waals surface area contributed by atoms with Gasteiger partial charge in [0.1, 0.15) is 0 Å². The second-order valence-electron chi connectivity index (χ2n) is 5.05. The molecule has 2 N–H and O–H groups in total. The largest absolute Gasteiger partial charge is 0.452 e. The zero-order valence-corrected chi connectivity index (χ0v) is 13.4. The molecule has 1 saturated heterocycles. The van der Waals surface area contributed by atoms with E-state index in [1.165, 1.54) is 11.1 Å². The first-order chi connectivity index (χ1) is 10.5. The van der Waals surface area contributed by atoms with Gasteiger partial charge >= 0.3 is 5.97 Å². The van der Waals surface area contributed by atoms with E-state index in [9.17, 15) is 14.4 Å². The lowest BCUT2D eigenvalue weighted by Crippen LogP contribution is -2.45. The van der Waals surface area contributed by atoms with E-state index in [0.29, 0.717) is 23.9 Å². The third kappa shape index (κ3) is 4.27. The Morgan fingerprint density at radius 1 is 1.41 bits per heavy atom. The zero-order chi connectivity index (χ0) is 16.1. The summed E-state index contributed by atoms with van der Waals surface area (Å²) in [6.45, 7) is 0.458. The van der Waals surface area contributed by atoms with Crippen molar-refractivity contribution in [2.45, 2.75) is 12.8 Å². The summed E-state index contributed by atoms with van der Waals surface area (Å²) in [7, 11) is 0. The fraction of sp³-hybridized carbons (Fsp3) is 0.429. The second-order valence-corrected chi connectivity index (χ2v) is 5.96. The molecule has 0 aromatic carbocycles. The van der Waals surface area contributed by atoms with Gasteiger partial charge in [-0.3, -0.25) is 14.6 Å². The number of nitrogens with zero attached hydrogens (tertiary/aromatic N) is 2. The monoisotopic (exact) mass is 369 g/mol. The van der Waals surface area contributed by atoms with Crippen molar-refractivity contribution in [2.24, 2.45) is 11.7 Å². The zero-order valence-electron chi connectivity index (χ0n) is 11.8. The van der Waals surface area contributed by atoms with Gasteiger partial charge in [-0.2, -0.15) is 0 Å². The number of hydrogen-bond acceptors (Lipinski definition) is 5. The Morgan fingerprint density at radius 2 is 2.18 bits per heavy atom. The van der Waals surface area contributed by atoms with Gasteiger partial charge in [-0.15, -0.1) is 0 Å². The van der Waals surface area contributed by atoms with Crippen molar-refractivity contribution >= 4 is 33.7 Å². The van der Waals surface area contributed by atoms with Crippen molar-refractivity contribution in [1.29, 1.82) is 0 Å². The number of halogens is 1. The molecule has 0 unspecified atom stereocenters. The first-order valence-electron chi connectivity index (χ1n) is 6.82. The summed E-state index contributed by atoms with van der Waals surface area (Å²) in [5.41, 5.74) is 5.53. The summed E-state index contributed by atoms with van der Waals surface area (Å²) < 4.78 is 5.63. The van der Waals surface area contributed by atoms with Crippen LogP contribution in [0.5, 0.6) is 0 Å². The lowest BCUT2D eigenvalue weighted by molar-refractivity contribution is -0.137. The third-order valence-electron chi connectivity index (χ3n) is 3.44. The average molecular weight is 370 g/mol. The minimum Gasteiger partial charge on any atom is -0.452 e. The quantitative estimate of drug-likeness (QED) is 0.787. The summed E-state index contributed by atoms with van der Waals surface area (Å²) in [5, 5.41) is 0. The van der Waals surface area contributed by atoms with E-state index in [2.05, 4.69) is 20.9 Å². The van der Waals surface area contributed by atoms with E-state index in [0.717, 1.165) is 0 Å². The SMILES string of the molecule is NC(=O)[C@@H]1CCCN(C(=O)COC(=O)c2cncc(Br)c2)C1. The topological polar surface area (TPSA) is 103 Å². The predicted octanol–water partition coefficient (Wildman–Crippen LogP) is 0.725. The Morgan fingerprint density at radius 3 is 2.86 bits per heavy atom. The minimum absolute atomic E-state index is 0.260. The molecule has 1 fully saturated rings. The smallest absolute Gasteiger partial charge is 0.340 e. The molecule has 0 bridgehead atoms. The Labute approximate surface area is 135 Å². The maximum Gasteiger partial charge on any atom is 0.340 e. The van der Waals surface area contributed by atoms with Crippen LogP contribution in [-0.2, 0) is 14.3 Å². The van der Waals surface area contributed by atoms with Crippen molar-refractivity contribution in [2.75, 3.05) is 19.7 Å². The van der Waals surface area contributed by atoms with Gasteiger partial charge < -0.3 is 15.4 Å². The van der Waals surface area contributed by atoms with Crippen molar-refractivity contribution in [1.82, 2.24) is 9.88 Å². The number of carbonyl (C=O) groups is 3. The highest BCUT2D eigenvalue weighted by Crippen LogP contribution is 2.16. The Kier molecular flexibility index (Phi) is 5.48. The highest BCUT2D eigenvalue weighted by Gasteiger charge is 2.27. The van der Waals surface area contributed by atoms with Crippen LogP contribution in [0.2, 0.25) is 0 Å². The Bertz CT molecular complexity index is 593. The molecule has 1 aliphatic rings. The van der Waals surface area contributed by atoms with Crippen LogP contribution in [0.1, 0.15) is 23.2 Å². The summed E-state index contributed by atoms with van der Waals surface area (Å²) in [6, 6.07) is 1.56. The maximum absolute atomic E-state index is 12.0. The van der Waals surface area contributed by atoms with Gasteiger partial charge in [-0.1, -0.05) is 0 Å². The number of likely N-dealkylation sites (tertiary alicyclic amines) is 1. The van der Waals surface area contributed by atoms with Crippen LogP contribution in [0.4, 0.5) is 0 Å². The molecule has 8 heteroatoms. The number of piperidine rings is 1. The number of hydrogen-bond donors (Lipinski definition) is 1. The molecule has 1 atom stereocenters. The van der Waals surface area contributed by atoms with E-state index in [1.54, 1.807) is 12.3 Å². The van der Waals surface area contributed by atoms with Crippen molar-refractivity contribution in [3.05, 3.63) is 28.5 Å². The number of esters is 1. The summed E-state index contributed by atoms with van der Waals surface area (Å²) in [5.74, 6) is -1.69. The molecule has 1 aromatic rings. The van der Waals surface area contributed by atoms with E-state index in [4.69, 9.17) is 10.5 Å². The number of carbonyl (C=O) groups excluding carboxylic acids is 3. The lowest BCUT2D eigenvalue weighted by Gasteiger charge is -2.31. The van der Waals surface area contributed by atoms with Crippen LogP contribution < -0.4 is 5.73 Å². The second kappa shape index (κ2) is 7.35. The molecule has 2 rings (SSSR count). The average Bonchev–Trinajstić information content (AvgIpc) is 2.52. The van der Waals surface area contributed by atoms with Gasteiger partial charge in [-0.05, 0) is 34.8 Å². The molecule has 0 aliphatic carbocycles. The van der Waals surface area contributed by atoms with Crippen LogP contribution in [-0.4, -0.2) is 47.4 Å². The lowest BCUT2D eigenvalue weighted by atomic mass is 9.97. The van der Waals surface area contributed by atoms with Gasteiger partial charge in [-0.25, -0.2) is 4.79 Å². The molecule has 0 radical (unpaired) electrons. The summed E-state index contributed by atoms with van der Waals surface area (Å²) in [4.78, 5) is 40.4. The van der Waals surface area contributed by atoms with Gasteiger partial charge in [0, 0.05) is 30.0 Å². The normalized spacial score (nSPS) is 17.9. The molecule has 0 spiro atoms. The summed E-state index contributed by atoms with van der Waals surface area (Å²) >= 11 is 3.20. The van der Waals surface area contributed by atoms with Gasteiger partial charge in [0.05, 0.1) is 11.5 Å². The molecule has 0 saturated carbocycles. The van der Waals surface area contributed by atoms with Gasteiger partial charge in [0.2, 0.25) is 5.91 Å². The number of primary amides is 1. The molecule has 22 heavy (non-hydrogen) atoms. The number of rotatable bonds is 4. The van der Waals surface area contributed by atoms with Crippen molar-refractivity contribution in [3.63, 3.8) is 0 Å². The van der Waals surface area contributed by atoms with Crippen LogP contribution in [0.3, 0.4) is 0 Å². The number of pyridine rings is 1. The van der Waals surface area contributed by atoms with E-state index >= 15 is 0 Å². The van der Waals surface area contributed by atoms with Gasteiger partial charge in [0.25, 0.3) is 5.91 Å². The molecule has 7 nitrogen and oxygen atoms in total. The molecule has 1 aromatic heterocycles. The molecule has 1 aliphatic heterocycles. The molecule has 2 amide bonds. The fourth-order valence-electron chi connectivity index (χ4n) is 2.26. The standard InChI is InChI=1S/C14H16BrN3O4/c15-11-4-10(5-17-6-11)14(21)22-8-12(19)18-3-1-2-9(7-18)13(16)20/h4-6,9H,1-3,7-8H2,(H2,16,20)/t9-/m1/s1. The summed E-state index contributed by atoms with van der Waals surface area (Å²) in [6.07, 6.45) is 4.30. The Hall–Kier alpha value is -1.96. The number of aromatic nitrogens is 1. The molecule has 2 heterocycles. The maximum atomic E-state index is 12.0. The fourth-order valence-corrected chi connectivity index (χ4v) is 2.63. The number of amides is 2. The number of ether oxygens (including phenoxy) is 1. The van der Waals surface area contributed by atoms with Crippen LogP contribution in [0, 0.1) is 5.92 Å². The highest BCUT2D eigenvalue weighted by atomic mass is 79.9. The van der Waals surface area contributed by atoms with E-state index in [-0.39, 0.29) is 30.5 Å². The first-order valence-corrected chi connectivity index (χ1v) is 7.61. The Balaban J connectivity index is 1.87. The number of nitrogens with two attached hydrogens (primary N) is 1.